The highest BCUT2D eigenvalue weighted by Crippen LogP contribution is 2.32. The fraction of sp³-hybridized carbons (Fsp3) is 0.500. The molecule has 0 heterocycles. The Morgan fingerprint density at radius 2 is 1.64 bits per heavy atom. The maximum Gasteiger partial charge on any atom is 0.416 e. The lowest BCUT2D eigenvalue weighted by Crippen LogP contribution is -2.17. The van der Waals surface area contributed by atoms with Gasteiger partial charge in [0, 0.05) is 53.2 Å². The van der Waals surface area contributed by atoms with Crippen LogP contribution in [-0.2, 0) is 21.7 Å². The normalized spacial score (nSPS) is 14.3. The second-order valence-electron chi connectivity index (χ2n) is 11.0. The molecule has 0 aliphatic carbocycles. The number of benzene rings is 2. The van der Waals surface area contributed by atoms with E-state index >= 15 is 0 Å². The first kappa shape index (κ1) is 45.1. The Kier molecular flexibility index (Phi) is 25.9. The fourth-order valence-electron chi connectivity index (χ4n) is 4.23. The molecule has 5 unspecified atom stereocenters. The van der Waals surface area contributed by atoms with Crippen LogP contribution in [0, 0.1) is 5.92 Å². The molecule has 0 aromatic heterocycles. The first-order chi connectivity index (χ1) is 22.4. The molecule has 264 valence electrons. The van der Waals surface area contributed by atoms with Crippen molar-refractivity contribution < 1.29 is 22.1 Å². The van der Waals surface area contributed by atoms with Crippen molar-refractivity contribution in [2.75, 3.05) is 31.4 Å². The Labute approximate surface area is 290 Å². The van der Waals surface area contributed by atoms with Crippen molar-refractivity contribution in [3.8, 4) is 0 Å². The van der Waals surface area contributed by atoms with Gasteiger partial charge in [-0.25, -0.2) is 0 Å². The minimum atomic E-state index is -4.34. The van der Waals surface area contributed by atoms with Gasteiger partial charge in [0.25, 0.3) is 0 Å². The number of ether oxygens (including phenoxy) is 1. The van der Waals surface area contributed by atoms with Crippen LogP contribution in [0.5, 0.6) is 0 Å². The highest BCUT2D eigenvalue weighted by atomic mass is 32.2. The van der Waals surface area contributed by atoms with E-state index in [2.05, 4.69) is 41.3 Å². The quantitative estimate of drug-likeness (QED) is 0.0572. The van der Waals surface area contributed by atoms with Gasteiger partial charge in [-0.2, -0.15) is 13.2 Å². The Hall–Kier alpha value is -1.91. The number of aliphatic imine (C=N–C) groups is 1. The van der Waals surface area contributed by atoms with Crippen LogP contribution >= 0.6 is 17.8 Å². The predicted molar refractivity (Wildman–Crippen MR) is 208 cm³/mol. The van der Waals surface area contributed by atoms with Gasteiger partial charge in [-0.1, -0.05) is 103 Å². The van der Waals surface area contributed by atoms with E-state index in [-0.39, 0.29) is 12.0 Å². The SMILES string of the molecule is C/C=C/C=C/C(C)C(N=C(C)c1ccc(C(F)(F)F)cc1PCC)c1ccc(P)cc1.C/C=C\C.CCCOCCCCCS(C)=O. The first-order valence-corrected chi connectivity index (χ1v) is 20.0. The zero-order valence-corrected chi connectivity index (χ0v) is 32.7. The van der Waals surface area contributed by atoms with Gasteiger partial charge in [-0.05, 0) is 81.4 Å². The standard InChI is InChI=1S/C25H30F3NP2.C9H20O2S.C4H8/c1-5-7-8-9-17(3)24(19-10-13-21(30)14-11-19)29-18(4)22-15-12-20(25(26,27)28)16-23(22)31-6-2;1-3-7-11-8-5-4-6-9-12(2)10;1-3-4-2/h5,7-17,24,31H,6,30H2,1-4H3;3-9H2,1-2H3;3-4H,1-2H3/b7-5+,9-8+,29-18?;;4-3-. The molecule has 0 bridgehead atoms. The number of unbranched alkanes of at least 4 members (excludes halogenated alkanes) is 2. The summed E-state index contributed by atoms with van der Waals surface area (Å²) >= 11 is 0. The smallest absolute Gasteiger partial charge is 0.381 e. The summed E-state index contributed by atoms with van der Waals surface area (Å²) in [6.07, 6.45) is 14.7. The number of rotatable bonds is 16. The number of hydrogen-bond acceptors (Lipinski definition) is 3. The predicted octanol–water partition coefficient (Wildman–Crippen LogP) is 10.4. The topological polar surface area (TPSA) is 38.7 Å². The first-order valence-electron chi connectivity index (χ1n) is 16.5. The number of allylic oxidation sites excluding steroid dienone is 5. The molecule has 0 spiro atoms. The fourth-order valence-corrected chi connectivity index (χ4v) is 6.12. The third-order valence-corrected chi connectivity index (χ3v) is 9.23. The van der Waals surface area contributed by atoms with Crippen molar-refractivity contribution in [2.24, 2.45) is 10.9 Å². The Bertz CT molecular complexity index is 1250. The van der Waals surface area contributed by atoms with Crippen molar-refractivity contribution in [3.05, 3.63) is 95.6 Å². The molecule has 2 aromatic rings. The maximum atomic E-state index is 13.2. The van der Waals surface area contributed by atoms with Crippen LogP contribution in [-0.4, -0.2) is 41.3 Å². The molecule has 2 aromatic carbocycles. The van der Waals surface area contributed by atoms with E-state index in [1.54, 1.807) is 12.3 Å². The number of hydrogen-bond donors (Lipinski definition) is 0. The van der Waals surface area contributed by atoms with Gasteiger partial charge in [0.2, 0.25) is 0 Å². The number of alkyl halides is 3. The second kappa shape index (κ2) is 27.0. The van der Waals surface area contributed by atoms with Crippen LogP contribution < -0.4 is 10.6 Å². The van der Waals surface area contributed by atoms with Gasteiger partial charge in [0.1, 0.15) is 0 Å². The second-order valence-corrected chi connectivity index (χ2v) is 14.8. The molecule has 0 aliphatic heterocycles. The van der Waals surface area contributed by atoms with E-state index in [0.717, 1.165) is 84.3 Å². The molecule has 0 saturated carbocycles. The minimum absolute atomic E-state index is 0.119. The molecule has 2 rings (SSSR count). The lowest BCUT2D eigenvalue weighted by molar-refractivity contribution is -0.137. The van der Waals surface area contributed by atoms with E-state index in [1.807, 2.05) is 77.1 Å². The van der Waals surface area contributed by atoms with Gasteiger partial charge in [0.05, 0.1) is 11.6 Å². The highest BCUT2D eigenvalue weighted by molar-refractivity contribution is 7.84. The van der Waals surface area contributed by atoms with Crippen LogP contribution in [0.2, 0.25) is 0 Å². The van der Waals surface area contributed by atoms with Crippen molar-refractivity contribution in [3.63, 3.8) is 0 Å². The molecule has 5 atom stereocenters. The van der Waals surface area contributed by atoms with Crippen LogP contribution in [0.3, 0.4) is 0 Å². The highest BCUT2D eigenvalue weighted by Gasteiger charge is 2.31. The molecule has 0 saturated heterocycles. The van der Waals surface area contributed by atoms with Gasteiger partial charge in [-0.3, -0.25) is 9.20 Å². The maximum absolute atomic E-state index is 13.2. The number of nitrogens with zero attached hydrogens (tertiary/aromatic N) is 1. The van der Waals surface area contributed by atoms with Crippen LogP contribution in [0.25, 0.3) is 0 Å². The Morgan fingerprint density at radius 3 is 2.17 bits per heavy atom. The molecule has 0 aliphatic rings. The molecule has 3 nitrogen and oxygen atoms in total. The Balaban J connectivity index is 0.00000110. The van der Waals surface area contributed by atoms with Crippen LogP contribution in [0.1, 0.15) is 96.9 Å². The largest absolute Gasteiger partial charge is 0.416 e. The van der Waals surface area contributed by atoms with Crippen molar-refractivity contribution in [1.82, 2.24) is 0 Å². The minimum Gasteiger partial charge on any atom is -0.381 e. The summed E-state index contributed by atoms with van der Waals surface area (Å²) in [6, 6.07) is 12.1. The lowest BCUT2D eigenvalue weighted by atomic mass is 9.94. The summed E-state index contributed by atoms with van der Waals surface area (Å²) in [5.74, 6) is 0.960. The van der Waals surface area contributed by atoms with Crippen molar-refractivity contribution in [1.29, 1.82) is 0 Å². The summed E-state index contributed by atoms with van der Waals surface area (Å²) in [5, 5.41) is 1.81. The van der Waals surface area contributed by atoms with E-state index in [9.17, 15) is 17.4 Å². The molecular formula is C38H58F3NO2P2S. The summed E-state index contributed by atoms with van der Waals surface area (Å²) < 4.78 is 55.6. The van der Waals surface area contributed by atoms with E-state index in [4.69, 9.17) is 9.73 Å². The molecule has 0 amide bonds. The van der Waals surface area contributed by atoms with E-state index in [1.165, 1.54) is 6.07 Å². The lowest BCUT2D eigenvalue weighted by Gasteiger charge is -2.21. The zero-order chi connectivity index (χ0) is 35.7. The molecule has 0 fully saturated rings. The van der Waals surface area contributed by atoms with Gasteiger partial charge >= 0.3 is 6.18 Å². The van der Waals surface area contributed by atoms with Gasteiger partial charge in [0.15, 0.2) is 0 Å². The molecule has 0 radical (unpaired) electrons. The molecule has 9 heteroatoms. The summed E-state index contributed by atoms with van der Waals surface area (Å²) in [5.41, 5.74) is 2.03. The Morgan fingerprint density at radius 1 is 0.979 bits per heavy atom. The average Bonchev–Trinajstić information content (AvgIpc) is 3.03. The van der Waals surface area contributed by atoms with Crippen molar-refractivity contribution in [2.45, 2.75) is 86.4 Å². The van der Waals surface area contributed by atoms with Crippen LogP contribution in [0.4, 0.5) is 13.2 Å². The van der Waals surface area contributed by atoms with E-state index < -0.39 is 22.5 Å². The van der Waals surface area contributed by atoms with E-state index in [0.29, 0.717) is 8.58 Å². The molecule has 47 heavy (non-hydrogen) atoms. The zero-order valence-electron chi connectivity index (χ0n) is 29.7. The summed E-state index contributed by atoms with van der Waals surface area (Å²) in [4.78, 5) is 5.02. The number of halogens is 3. The average molecular weight is 712 g/mol. The van der Waals surface area contributed by atoms with Gasteiger partial charge < -0.3 is 4.74 Å². The third kappa shape index (κ3) is 20.9. The van der Waals surface area contributed by atoms with Crippen molar-refractivity contribution >= 4 is 44.9 Å². The monoisotopic (exact) mass is 711 g/mol. The molecule has 0 N–H and O–H groups in total. The summed E-state index contributed by atoms with van der Waals surface area (Å²) in [6.45, 7) is 15.8. The summed E-state index contributed by atoms with van der Waals surface area (Å²) in [7, 11) is 2.37. The third-order valence-electron chi connectivity index (χ3n) is 6.83. The van der Waals surface area contributed by atoms with Gasteiger partial charge in [-0.15, -0.1) is 9.24 Å². The molecular weight excluding hydrogens is 653 g/mol. The van der Waals surface area contributed by atoms with Crippen LogP contribution in [0.15, 0.2) is 83.9 Å².